The van der Waals surface area contributed by atoms with Gasteiger partial charge in [0.05, 0.1) is 19.8 Å². The Morgan fingerprint density at radius 2 is 1.43 bits per heavy atom. The lowest BCUT2D eigenvalue weighted by molar-refractivity contribution is -0.0527. The first-order valence-electron chi connectivity index (χ1n) is 8.36. The quantitative estimate of drug-likeness (QED) is 0.381. The third kappa shape index (κ3) is 13.2. The summed E-state index contributed by atoms with van der Waals surface area (Å²) in [5.41, 5.74) is 4.04. The first-order chi connectivity index (χ1) is 10.9. The van der Waals surface area contributed by atoms with Crippen LogP contribution in [0, 0.1) is 0 Å². The van der Waals surface area contributed by atoms with E-state index in [-0.39, 0.29) is 6.61 Å². The number of rotatable bonds is 12. The van der Waals surface area contributed by atoms with Crippen molar-refractivity contribution in [2.24, 2.45) is 0 Å². The van der Waals surface area contributed by atoms with Crippen LogP contribution in [0.3, 0.4) is 0 Å². The van der Waals surface area contributed by atoms with Gasteiger partial charge in [-0.2, -0.15) is 0 Å². The van der Waals surface area contributed by atoms with Crippen LogP contribution in [0.1, 0.15) is 53.4 Å². The highest BCUT2D eigenvalue weighted by Gasteiger charge is 2.14. The summed E-state index contributed by atoms with van der Waals surface area (Å²) in [7, 11) is 0. The molecule has 0 rings (SSSR count). The third-order valence-electron chi connectivity index (χ3n) is 3.59. The SMILES string of the molecule is CC(C)=CCC/C(C)=C/CC/C(C)=C/COC[C@H](O)[C@H](O)CO. The fraction of sp³-hybridized carbons (Fsp3) is 0.684. The lowest BCUT2D eigenvalue weighted by atomic mass is 10.1. The van der Waals surface area contributed by atoms with Crippen molar-refractivity contribution < 1.29 is 20.1 Å². The zero-order valence-corrected chi connectivity index (χ0v) is 15.1. The second-order valence-corrected chi connectivity index (χ2v) is 6.31. The van der Waals surface area contributed by atoms with Crippen molar-refractivity contribution in [1.82, 2.24) is 0 Å². The minimum atomic E-state index is -1.14. The average molecular weight is 326 g/mol. The molecule has 0 radical (unpaired) electrons. The van der Waals surface area contributed by atoms with Gasteiger partial charge in [-0.3, -0.25) is 0 Å². The molecule has 0 aromatic carbocycles. The van der Waals surface area contributed by atoms with Crippen LogP contribution in [0.4, 0.5) is 0 Å². The zero-order chi connectivity index (χ0) is 17.7. The second kappa shape index (κ2) is 13.5. The van der Waals surface area contributed by atoms with Crippen molar-refractivity contribution in [3.63, 3.8) is 0 Å². The summed E-state index contributed by atoms with van der Waals surface area (Å²) in [6.45, 7) is 8.46. The Hall–Kier alpha value is -0.940. The van der Waals surface area contributed by atoms with E-state index < -0.39 is 18.8 Å². The molecule has 0 aliphatic rings. The molecule has 0 aromatic heterocycles. The van der Waals surface area contributed by atoms with Gasteiger partial charge in [-0.05, 0) is 53.4 Å². The summed E-state index contributed by atoms with van der Waals surface area (Å²) >= 11 is 0. The maximum Gasteiger partial charge on any atom is 0.105 e. The van der Waals surface area contributed by atoms with Crippen molar-refractivity contribution in [1.29, 1.82) is 0 Å². The molecule has 0 heterocycles. The average Bonchev–Trinajstić information content (AvgIpc) is 2.50. The smallest absolute Gasteiger partial charge is 0.105 e. The van der Waals surface area contributed by atoms with E-state index >= 15 is 0 Å². The number of hydrogen-bond donors (Lipinski definition) is 3. The van der Waals surface area contributed by atoms with Crippen LogP contribution in [0.5, 0.6) is 0 Å². The minimum absolute atomic E-state index is 0.0227. The van der Waals surface area contributed by atoms with Crippen LogP contribution in [0.2, 0.25) is 0 Å². The standard InChI is InChI=1S/C19H34O4/c1-15(2)7-5-8-16(3)9-6-10-17(4)11-12-23-14-19(22)18(21)13-20/h7,9,11,18-22H,5-6,8,10,12-14H2,1-4H3/b16-9+,17-11+/t18-,19+/m1/s1. The first-order valence-corrected chi connectivity index (χ1v) is 8.36. The summed E-state index contributed by atoms with van der Waals surface area (Å²) in [6.07, 6.45) is 8.60. The number of ether oxygens (including phenoxy) is 1. The van der Waals surface area contributed by atoms with Gasteiger partial charge in [-0.15, -0.1) is 0 Å². The van der Waals surface area contributed by atoms with Crippen LogP contribution in [0.25, 0.3) is 0 Å². The molecular weight excluding hydrogens is 292 g/mol. The Morgan fingerprint density at radius 1 is 0.870 bits per heavy atom. The predicted molar refractivity (Wildman–Crippen MR) is 95.3 cm³/mol. The monoisotopic (exact) mass is 326 g/mol. The molecule has 0 aliphatic carbocycles. The van der Waals surface area contributed by atoms with Crippen molar-refractivity contribution >= 4 is 0 Å². The number of hydrogen-bond acceptors (Lipinski definition) is 4. The number of aliphatic hydroxyl groups excluding tert-OH is 3. The van der Waals surface area contributed by atoms with Gasteiger partial charge in [0, 0.05) is 0 Å². The summed E-state index contributed by atoms with van der Waals surface area (Å²) < 4.78 is 5.27. The summed E-state index contributed by atoms with van der Waals surface area (Å²) in [5, 5.41) is 27.3. The zero-order valence-electron chi connectivity index (χ0n) is 15.1. The second-order valence-electron chi connectivity index (χ2n) is 6.31. The van der Waals surface area contributed by atoms with E-state index in [2.05, 4.69) is 39.8 Å². The van der Waals surface area contributed by atoms with E-state index in [0.29, 0.717) is 6.61 Å². The molecule has 0 fully saturated rings. The van der Waals surface area contributed by atoms with E-state index in [4.69, 9.17) is 9.84 Å². The van der Waals surface area contributed by atoms with Gasteiger partial charge in [0.1, 0.15) is 12.2 Å². The summed E-state index contributed by atoms with van der Waals surface area (Å²) in [5.74, 6) is 0. The van der Waals surface area contributed by atoms with Crippen molar-refractivity contribution in [2.45, 2.75) is 65.6 Å². The predicted octanol–water partition coefficient (Wildman–Crippen LogP) is 3.14. The molecule has 134 valence electrons. The Kier molecular flexibility index (Phi) is 12.9. The van der Waals surface area contributed by atoms with Gasteiger partial charge in [0.2, 0.25) is 0 Å². The first kappa shape index (κ1) is 22.1. The molecule has 0 amide bonds. The number of aliphatic hydroxyl groups is 3. The van der Waals surface area contributed by atoms with Gasteiger partial charge in [-0.1, -0.05) is 34.9 Å². The van der Waals surface area contributed by atoms with Crippen LogP contribution in [-0.4, -0.2) is 47.3 Å². The molecule has 0 saturated heterocycles. The molecule has 3 N–H and O–H groups in total. The fourth-order valence-corrected chi connectivity index (χ4v) is 1.96. The van der Waals surface area contributed by atoms with Crippen molar-refractivity contribution in [3.05, 3.63) is 34.9 Å². The fourth-order valence-electron chi connectivity index (χ4n) is 1.96. The third-order valence-corrected chi connectivity index (χ3v) is 3.59. The van der Waals surface area contributed by atoms with Crippen LogP contribution >= 0.6 is 0 Å². The van der Waals surface area contributed by atoms with Crippen LogP contribution in [-0.2, 0) is 4.74 Å². The van der Waals surface area contributed by atoms with Crippen molar-refractivity contribution in [2.75, 3.05) is 19.8 Å². The maximum atomic E-state index is 9.42. The largest absolute Gasteiger partial charge is 0.394 e. The molecule has 4 heteroatoms. The molecule has 0 aliphatic heterocycles. The molecular formula is C19H34O4. The Bertz CT molecular complexity index is 392. The van der Waals surface area contributed by atoms with Gasteiger partial charge in [-0.25, -0.2) is 0 Å². The van der Waals surface area contributed by atoms with E-state index in [9.17, 15) is 10.2 Å². The summed E-state index contributed by atoms with van der Waals surface area (Å²) in [6, 6.07) is 0. The van der Waals surface area contributed by atoms with E-state index in [1.165, 1.54) is 16.7 Å². The highest BCUT2D eigenvalue weighted by atomic mass is 16.5. The van der Waals surface area contributed by atoms with Gasteiger partial charge in [0.15, 0.2) is 0 Å². The minimum Gasteiger partial charge on any atom is -0.394 e. The Morgan fingerprint density at radius 3 is 2.00 bits per heavy atom. The number of allylic oxidation sites excluding steroid dienone is 5. The molecule has 4 nitrogen and oxygen atoms in total. The molecule has 0 unspecified atom stereocenters. The van der Waals surface area contributed by atoms with Gasteiger partial charge < -0.3 is 20.1 Å². The Balaban J connectivity index is 3.87. The van der Waals surface area contributed by atoms with Crippen LogP contribution in [0.15, 0.2) is 34.9 Å². The lowest BCUT2D eigenvalue weighted by Crippen LogP contribution is -2.33. The van der Waals surface area contributed by atoms with Gasteiger partial charge >= 0.3 is 0 Å². The maximum absolute atomic E-state index is 9.42. The molecule has 0 bridgehead atoms. The van der Waals surface area contributed by atoms with E-state index in [1.807, 2.05) is 6.08 Å². The van der Waals surface area contributed by atoms with Crippen molar-refractivity contribution in [3.8, 4) is 0 Å². The van der Waals surface area contributed by atoms with E-state index in [0.717, 1.165) is 25.7 Å². The molecule has 0 saturated carbocycles. The molecule has 0 aromatic rings. The normalized spacial score (nSPS) is 15.4. The van der Waals surface area contributed by atoms with Gasteiger partial charge in [0.25, 0.3) is 0 Å². The highest BCUT2D eigenvalue weighted by Crippen LogP contribution is 2.11. The lowest BCUT2D eigenvalue weighted by Gasteiger charge is -2.14. The van der Waals surface area contributed by atoms with E-state index in [1.54, 1.807) is 0 Å². The molecule has 23 heavy (non-hydrogen) atoms. The molecule has 2 atom stereocenters. The molecule has 0 spiro atoms. The Labute approximate surface area is 141 Å². The highest BCUT2D eigenvalue weighted by molar-refractivity contribution is 5.05. The topological polar surface area (TPSA) is 69.9 Å². The van der Waals surface area contributed by atoms with Crippen LogP contribution < -0.4 is 0 Å². The summed E-state index contributed by atoms with van der Waals surface area (Å²) in [4.78, 5) is 0.